The van der Waals surface area contributed by atoms with E-state index in [1.807, 2.05) is 24.3 Å². The Morgan fingerprint density at radius 2 is 2.00 bits per heavy atom. The molecule has 18 heavy (non-hydrogen) atoms. The number of ether oxygens (including phenoxy) is 1. The average molecular weight is 247 g/mol. The van der Waals surface area contributed by atoms with E-state index in [9.17, 15) is 4.79 Å². The Morgan fingerprint density at radius 3 is 2.50 bits per heavy atom. The van der Waals surface area contributed by atoms with E-state index in [1.165, 1.54) is 19.1 Å². The number of carbonyl (C=O) groups is 1. The van der Waals surface area contributed by atoms with Gasteiger partial charge in [-0.15, -0.1) is 0 Å². The lowest BCUT2D eigenvalue weighted by molar-refractivity contribution is 0.0600. The van der Waals surface area contributed by atoms with Crippen LogP contribution in [0.3, 0.4) is 0 Å². The van der Waals surface area contributed by atoms with Crippen molar-refractivity contribution in [2.24, 2.45) is 5.41 Å². The van der Waals surface area contributed by atoms with E-state index < -0.39 is 0 Å². The molecular weight excluding hydrogens is 226 g/mol. The van der Waals surface area contributed by atoms with Crippen LogP contribution in [0.4, 0.5) is 0 Å². The Morgan fingerprint density at radius 1 is 1.33 bits per heavy atom. The largest absolute Gasteiger partial charge is 0.465 e. The van der Waals surface area contributed by atoms with Crippen LogP contribution in [-0.4, -0.2) is 31.1 Å². The maximum Gasteiger partial charge on any atom is 0.337 e. The van der Waals surface area contributed by atoms with Gasteiger partial charge in [-0.3, -0.25) is 4.90 Å². The van der Waals surface area contributed by atoms with Crippen LogP contribution in [0, 0.1) is 5.41 Å². The zero-order valence-electron chi connectivity index (χ0n) is 11.4. The van der Waals surface area contributed by atoms with E-state index in [0.29, 0.717) is 11.0 Å². The highest BCUT2D eigenvalue weighted by Crippen LogP contribution is 2.29. The van der Waals surface area contributed by atoms with Gasteiger partial charge in [0.15, 0.2) is 0 Å². The number of likely N-dealkylation sites (tertiary alicyclic amines) is 1. The Hall–Kier alpha value is -1.35. The Kier molecular flexibility index (Phi) is 3.71. The molecule has 0 N–H and O–H groups in total. The lowest BCUT2D eigenvalue weighted by Crippen LogP contribution is -2.22. The van der Waals surface area contributed by atoms with Crippen LogP contribution in [0.1, 0.15) is 36.2 Å². The number of hydrogen-bond donors (Lipinski definition) is 0. The lowest BCUT2D eigenvalue weighted by Gasteiger charge is -2.19. The Labute approximate surface area is 109 Å². The quantitative estimate of drug-likeness (QED) is 0.769. The molecule has 3 nitrogen and oxygen atoms in total. The van der Waals surface area contributed by atoms with Gasteiger partial charge in [-0.2, -0.15) is 0 Å². The minimum Gasteiger partial charge on any atom is -0.465 e. The summed E-state index contributed by atoms with van der Waals surface area (Å²) in [6.07, 6.45) is 1.26. The van der Waals surface area contributed by atoms with Crippen LogP contribution in [0.2, 0.25) is 0 Å². The van der Waals surface area contributed by atoms with Crippen molar-refractivity contribution in [3.8, 4) is 0 Å². The molecule has 1 aromatic carbocycles. The molecule has 1 saturated heterocycles. The van der Waals surface area contributed by atoms with Gasteiger partial charge in [0.05, 0.1) is 12.7 Å². The molecule has 1 aliphatic rings. The normalized spacial score (nSPS) is 18.8. The maximum absolute atomic E-state index is 11.3. The van der Waals surface area contributed by atoms with E-state index in [0.717, 1.165) is 19.6 Å². The molecule has 0 radical (unpaired) electrons. The SMILES string of the molecule is COC(=O)c1ccc(CN2CCC(C)(C)C2)cc1. The summed E-state index contributed by atoms with van der Waals surface area (Å²) in [7, 11) is 1.41. The Bertz CT molecular complexity index is 423. The van der Waals surface area contributed by atoms with Crippen molar-refractivity contribution < 1.29 is 9.53 Å². The average Bonchev–Trinajstić information content (AvgIpc) is 2.68. The first-order chi connectivity index (χ1) is 8.50. The molecule has 0 saturated carbocycles. The third kappa shape index (κ3) is 3.10. The second-order valence-corrected chi connectivity index (χ2v) is 5.81. The van der Waals surface area contributed by atoms with Crippen LogP contribution >= 0.6 is 0 Å². The molecule has 0 aliphatic carbocycles. The number of nitrogens with zero attached hydrogens (tertiary/aromatic N) is 1. The van der Waals surface area contributed by atoms with Crippen molar-refractivity contribution in [3.63, 3.8) is 0 Å². The third-order valence-electron chi connectivity index (χ3n) is 3.54. The van der Waals surface area contributed by atoms with Crippen LogP contribution in [0.5, 0.6) is 0 Å². The molecule has 1 fully saturated rings. The molecule has 0 atom stereocenters. The fourth-order valence-corrected chi connectivity index (χ4v) is 2.48. The predicted octanol–water partition coefficient (Wildman–Crippen LogP) is 2.71. The first-order valence-electron chi connectivity index (χ1n) is 6.40. The molecule has 1 heterocycles. The molecule has 1 aliphatic heterocycles. The van der Waals surface area contributed by atoms with Crippen molar-refractivity contribution in [3.05, 3.63) is 35.4 Å². The minimum atomic E-state index is -0.274. The molecule has 1 aromatic rings. The van der Waals surface area contributed by atoms with Crippen molar-refractivity contribution in [1.82, 2.24) is 4.90 Å². The Balaban J connectivity index is 1.97. The van der Waals surface area contributed by atoms with E-state index >= 15 is 0 Å². The van der Waals surface area contributed by atoms with Gasteiger partial charge < -0.3 is 4.74 Å². The molecule has 98 valence electrons. The highest BCUT2D eigenvalue weighted by Gasteiger charge is 2.28. The molecule has 3 heteroatoms. The monoisotopic (exact) mass is 247 g/mol. The summed E-state index contributed by atoms with van der Waals surface area (Å²) >= 11 is 0. The maximum atomic E-state index is 11.3. The van der Waals surface area contributed by atoms with E-state index in [2.05, 4.69) is 23.5 Å². The second kappa shape index (κ2) is 5.11. The van der Waals surface area contributed by atoms with Gasteiger partial charge in [-0.1, -0.05) is 26.0 Å². The van der Waals surface area contributed by atoms with Crippen LogP contribution in [0.15, 0.2) is 24.3 Å². The number of benzene rings is 1. The number of rotatable bonds is 3. The van der Waals surface area contributed by atoms with Crippen LogP contribution < -0.4 is 0 Å². The van der Waals surface area contributed by atoms with Gasteiger partial charge in [-0.05, 0) is 36.1 Å². The summed E-state index contributed by atoms with van der Waals surface area (Å²) in [6, 6.07) is 7.69. The zero-order chi connectivity index (χ0) is 13.2. The van der Waals surface area contributed by atoms with Gasteiger partial charge in [-0.25, -0.2) is 4.79 Å². The molecule has 0 bridgehead atoms. The van der Waals surface area contributed by atoms with Crippen LogP contribution in [-0.2, 0) is 11.3 Å². The summed E-state index contributed by atoms with van der Waals surface area (Å²) in [4.78, 5) is 13.8. The topological polar surface area (TPSA) is 29.5 Å². The highest BCUT2D eigenvalue weighted by atomic mass is 16.5. The summed E-state index contributed by atoms with van der Waals surface area (Å²) in [5.74, 6) is -0.274. The van der Waals surface area contributed by atoms with E-state index in [4.69, 9.17) is 0 Å². The number of hydrogen-bond acceptors (Lipinski definition) is 3. The number of carbonyl (C=O) groups excluding carboxylic acids is 1. The summed E-state index contributed by atoms with van der Waals surface area (Å²) < 4.78 is 4.69. The van der Waals surface area contributed by atoms with Crippen LogP contribution in [0.25, 0.3) is 0 Å². The lowest BCUT2D eigenvalue weighted by atomic mass is 9.93. The molecule has 2 rings (SSSR count). The van der Waals surface area contributed by atoms with Crippen molar-refractivity contribution in [1.29, 1.82) is 0 Å². The fraction of sp³-hybridized carbons (Fsp3) is 0.533. The smallest absolute Gasteiger partial charge is 0.337 e. The molecule has 0 unspecified atom stereocenters. The second-order valence-electron chi connectivity index (χ2n) is 5.81. The summed E-state index contributed by atoms with van der Waals surface area (Å²) in [6.45, 7) is 7.89. The van der Waals surface area contributed by atoms with Crippen molar-refractivity contribution in [2.45, 2.75) is 26.8 Å². The minimum absolute atomic E-state index is 0.274. The molecule has 0 aromatic heterocycles. The van der Waals surface area contributed by atoms with E-state index in [-0.39, 0.29) is 5.97 Å². The molecular formula is C15H21NO2. The first-order valence-corrected chi connectivity index (χ1v) is 6.40. The standard InChI is InChI=1S/C15H21NO2/c1-15(2)8-9-16(11-15)10-12-4-6-13(7-5-12)14(17)18-3/h4-7H,8-11H2,1-3H3. The molecule has 0 amide bonds. The van der Waals surface area contributed by atoms with Crippen molar-refractivity contribution in [2.75, 3.05) is 20.2 Å². The zero-order valence-corrected chi connectivity index (χ0v) is 11.4. The summed E-state index contributed by atoms with van der Waals surface area (Å²) in [5, 5.41) is 0. The van der Waals surface area contributed by atoms with Gasteiger partial charge in [0.1, 0.15) is 0 Å². The summed E-state index contributed by atoms with van der Waals surface area (Å²) in [5.41, 5.74) is 2.30. The van der Waals surface area contributed by atoms with Gasteiger partial charge in [0.2, 0.25) is 0 Å². The van der Waals surface area contributed by atoms with Gasteiger partial charge in [0, 0.05) is 13.1 Å². The predicted molar refractivity (Wildman–Crippen MR) is 71.5 cm³/mol. The van der Waals surface area contributed by atoms with Gasteiger partial charge in [0.25, 0.3) is 0 Å². The van der Waals surface area contributed by atoms with E-state index in [1.54, 1.807) is 0 Å². The fourth-order valence-electron chi connectivity index (χ4n) is 2.48. The number of methoxy groups -OCH3 is 1. The first kappa shape index (κ1) is 13.1. The van der Waals surface area contributed by atoms with Gasteiger partial charge >= 0.3 is 5.97 Å². The highest BCUT2D eigenvalue weighted by molar-refractivity contribution is 5.89. The third-order valence-corrected chi connectivity index (χ3v) is 3.54. The molecule has 0 spiro atoms. The number of esters is 1. The van der Waals surface area contributed by atoms with Crippen molar-refractivity contribution >= 4 is 5.97 Å².